The van der Waals surface area contributed by atoms with Crippen molar-refractivity contribution in [2.24, 2.45) is 5.92 Å². The first kappa shape index (κ1) is 26.3. The molecule has 0 bridgehead atoms. The number of carbonyl (C=O) groups excluding carboxylic acids is 2. The summed E-state index contributed by atoms with van der Waals surface area (Å²) in [6.45, 7) is 6.17. The van der Waals surface area contributed by atoms with Gasteiger partial charge in [0.2, 0.25) is 15.9 Å². The first-order valence-electron chi connectivity index (χ1n) is 9.96. The van der Waals surface area contributed by atoms with Crippen LogP contribution in [0.4, 0.5) is 4.79 Å². The van der Waals surface area contributed by atoms with Crippen LogP contribution < -0.4 is 15.4 Å². The van der Waals surface area contributed by atoms with Gasteiger partial charge >= 0.3 is 6.09 Å². The van der Waals surface area contributed by atoms with Crippen molar-refractivity contribution in [1.82, 2.24) is 15.4 Å². The van der Waals surface area contributed by atoms with E-state index in [1.807, 2.05) is 20.1 Å². The predicted octanol–water partition coefficient (Wildman–Crippen LogP) is 2.36. The van der Waals surface area contributed by atoms with Gasteiger partial charge in [-0.1, -0.05) is 32.0 Å². The summed E-state index contributed by atoms with van der Waals surface area (Å²) in [5.41, 5.74) is 0. The van der Waals surface area contributed by atoms with Gasteiger partial charge in [-0.3, -0.25) is 4.79 Å². The third kappa shape index (κ3) is 9.82. The molecule has 2 amide bonds. The number of thioether (sulfide) groups is 1. The number of sulfonamides is 1. The molecule has 2 unspecified atom stereocenters. The van der Waals surface area contributed by atoms with Crippen molar-refractivity contribution in [1.29, 1.82) is 0 Å². The SMILES string of the molecule is CCOC(=O)NC(CNC(=O)C(CCSC)NS(=O)(=O)c1ccccc1)CC(C)C. The summed E-state index contributed by atoms with van der Waals surface area (Å²) < 4.78 is 32.7. The largest absolute Gasteiger partial charge is 0.450 e. The summed E-state index contributed by atoms with van der Waals surface area (Å²) in [4.78, 5) is 24.6. The van der Waals surface area contributed by atoms with E-state index in [0.29, 0.717) is 18.6 Å². The number of ether oxygens (including phenoxy) is 1. The van der Waals surface area contributed by atoms with E-state index in [4.69, 9.17) is 4.74 Å². The Hall–Kier alpha value is -1.78. The second-order valence-electron chi connectivity index (χ2n) is 7.20. The van der Waals surface area contributed by atoms with E-state index < -0.39 is 28.1 Å². The lowest BCUT2D eigenvalue weighted by molar-refractivity contribution is -0.122. The predicted molar refractivity (Wildman–Crippen MR) is 120 cm³/mol. The zero-order valence-corrected chi connectivity index (χ0v) is 19.6. The maximum absolute atomic E-state index is 12.8. The highest BCUT2D eigenvalue weighted by atomic mass is 32.2. The maximum Gasteiger partial charge on any atom is 0.407 e. The van der Waals surface area contributed by atoms with Gasteiger partial charge in [0, 0.05) is 12.6 Å². The summed E-state index contributed by atoms with van der Waals surface area (Å²) >= 11 is 1.53. The van der Waals surface area contributed by atoms with E-state index in [9.17, 15) is 18.0 Å². The molecule has 0 aliphatic heterocycles. The average Bonchev–Trinajstić information content (AvgIpc) is 2.69. The highest BCUT2D eigenvalue weighted by molar-refractivity contribution is 7.98. The fraction of sp³-hybridized carbons (Fsp3) is 0.600. The lowest BCUT2D eigenvalue weighted by Gasteiger charge is -2.23. The molecule has 0 fully saturated rings. The van der Waals surface area contributed by atoms with Crippen LogP contribution in [0.1, 0.15) is 33.6 Å². The van der Waals surface area contributed by atoms with Gasteiger partial charge in [0.1, 0.15) is 6.04 Å². The van der Waals surface area contributed by atoms with Crippen molar-refractivity contribution in [3.63, 3.8) is 0 Å². The molecule has 8 nitrogen and oxygen atoms in total. The number of hydrogen-bond acceptors (Lipinski definition) is 6. The minimum absolute atomic E-state index is 0.105. The van der Waals surface area contributed by atoms with Crippen molar-refractivity contribution in [2.45, 2.75) is 50.6 Å². The molecule has 1 aromatic rings. The van der Waals surface area contributed by atoms with Crippen LogP contribution in [0.25, 0.3) is 0 Å². The molecule has 0 aromatic heterocycles. The Kier molecular flexibility index (Phi) is 11.8. The van der Waals surface area contributed by atoms with E-state index in [2.05, 4.69) is 15.4 Å². The molecule has 0 heterocycles. The normalized spacial score (nSPS) is 13.5. The molecule has 170 valence electrons. The van der Waals surface area contributed by atoms with Crippen LogP contribution in [0, 0.1) is 5.92 Å². The Bertz CT molecular complexity index is 757. The highest BCUT2D eigenvalue weighted by Crippen LogP contribution is 2.11. The van der Waals surface area contributed by atoms with E-state index in [1.54, 1.807) is 25.1 Å². The number of amides is 2. The van der Waals surface area contributed by atoms with E-state index >= 15 is 0 Å². The Morgan fingerprint density at radius 2 is 1.83 bits per heavy atom. The summed E-state index contributed by atoms with van der Waals surface area (Å²) in [6, 6.07) is 6.71. The Labute approximate surface area is 184 Å². The fourth-order valence-electron chi connectivity index (χ4n) is 2.78. The zero-order valence-electron chi connectivity index (χ0n) is 18.0. The smallest absolute Gasteiger partial charge is 0.407 e. The molecule has 0 aliphatic rings. The lowest BCUT2D eigenvalue weighted by Crippen LogP contribution is -2.51. The quantitative estimate of drug-likeness (QED) is 0.417. The molecular weight excluding hydrogens is 426 g/mol. The number of alkyl carbamates (subject to hydrolysis) is 1. The van der Waals surface area contributed by atoms with Gasteiger partial charge in [-0.05, 0) is 49.8 Å². The lowest BCUT2D eigenvalue weighted by atomic mass is 10.0. The minimum atomic E-state index is -3.83. The third-order valence-corrected chi connectivity index (χ3v) is 6.29. The molecule has 1 rings (SSSR count). The van der Waals surface area contributed by atoms with Crippen LogP contribution in [0.2, 0.25) is 0 Å². The summed E-state index contributed by atoms with van der Waals surface area (Å²) in [6.07, 6.45) is 2.34. The monoisotopic (exact) mass is 459 g/mol. The molecule has 0 saturated heterocycles. The van der Waals surface area contributed by atoms with Gasteiger partial charge in [0.25, 0.3) is 0 Å². The second-order valence-corrected chi connectivity index (χ2v) is 9.90. The fourth-order valence-corrected chi connectivity index (χ4v) is 4.51. The molecule has 0 radical (unpaired) electrons. The highest BCUT2D eigenvalue weighted by Gasteiger charge is 2.26. The zero-order chi connectivity index (χ0) is 22.6. The molecule has 0 saturated carbocycles. The van der Waals surface area contributed by atoms with Crippen molar-refractivity contribution in [3.05, 3.63) is 30.3 Å². The third-order valence-electron chi connectivity index (χ3n) is 4.15. The Balaban J connectivity index is 2.82. The van der Waals surface area contributed by atoms with Gasteiger partial charge in [0.15, 0.2) is 0 Å². The maximum atomic E-state index is 12.8. The summed E-state index contributed by atoms with van der Waals surface area (Å²) in [5, 5.41) is 5.52. The van der Waals surface area contributed by atoms with Crippen LogP contribution in [-0.4, -0.2) is 57.7 Å². The molecule has 2 atom stereocenters. The number of benzene rings is 1. The van der Waals surface area contributed by atoms with Crippen LogP contribution in [0.3, 0.4) is 0 Å². The molecule has 10 heteroatoms. The summed E-state index contributed by atoms with van der Waals surface area (Å²) in [7, 11) is -3.83. The topological polar surface area (TPSA) is 114 Å². The van der Waals surface area contributed by atoms with Gasteiger partial charge in [-0.2, -0.15) is 16.5 Å². The number of carbonyl (C=O) groups is 2. The first-order valence-corrected chi connectivity index (χ1v) is 12.8. The van der Waals surface area contributed by atoms with Crippen LogP contribution >= 0.6 is 11.8 Å². The van der Waals surface area contributed by atoms with Crippen molar-refractivity contribution in [3.8, 4) is 0 Å². The number of nitrogens with one attached hydrogen (secondary N) is 3. The molecule has 30 heavy (non-hydrogen) atoms. The van der Waals surface area contributed by atoms with Crippen molar-refractivity contribution < 1.29 is 22.7 Å². The van der Waals surface area contributed by atoms with Crippen LogP contribution in [0.15, 0.2) is 35.2 Å². The van der Waals surface area contributed by atoms with E-state index in [1.165, 1.54) is 23.9 Å². The molecular formula is C20H33N3O5S2. The van der Waals surface area contributed by atoms with Crippen molar-refractivity contribution >= 4 is 33.8 Å². The first-order chi connectivity index (χ1) is 14.2. The van der Waals surface area contributed by atoms with Gasteiger partial charge < -0.3 is 15.4 Å². The average molecular weight is 460 g/mol. The van der Waals surface area contributed by atoms with Gasteiger partial charge in [-0.25, -0.2) is 13.2 Å². The van der Waals surface area contributed by atoms with Crippen LogP contribution in [-0.2, 0) is 19.6 Å². The van der Waals surface area contributed by atoms with Gasteiger partial charge in [-0.15, -0.1) is 0 Å². The standard InChI is InChI=1S/C20H33N3O5S2/c1-5-28-20(25)22-16(13-15(2)3)14-21-19(24)18(11-12-29-4)23-30(26,27)17-9-7-6-8-10-17/h6-10,15-16,18,23H,5,11-14H2,1-4H3,(H,21,24)(H,22,25). The summed E-state index contributed by atoms with van der Waals surface area (Å²) in [5.74, 6) is 0.479. The minimum Gasteiger partial charge on any atom is -0.450 e. The number of rotatable bonds is 13. The molecule has 3 N–H and O–H groups in total. The van der Waals surface area contributed by atoms with E-state index in [-0.39, 0.29) is 30.0 Å². The Morgan fingerprint density at radius 3 is 2.40 bits per heavy atom. The van der Waals surface area contributed by atoms with Crippen LogP contribution in [0.5, 0.6) is 0 Å². The molecule has 1 aromatic carbocycles. The van der Waals surface area contributed by atoms with Gasteiger partial charge in [0.05, 0.1) is 11.5 Å². The molecule has 0 aliphatic carbocycles. The van der Waals surface area contributed by atoms with E-state index in [0.717, 1.165) is 0 Å². The number of hydrogen-bond donors (Lipinski definition) is 3. The molecule has 0 spiro atoms. The van der Waals surface area contributed by atoms with Crippen molar-refractivity contribution in [2.75, 3.05) is 25.2 Å². The second kappa shape index (κ2) is 13.5. The Morgan fingerprint density at radius 1 is 1.17 bits per heavy atom.